The van der Waals surface area contributed by atoms with Gasteiger partial charge in [0.25, 0.3) is 0 Å². The van der Waals surface area contributed by atoms with Crippen LogP contribution in [-0.2, 0) is 4.79 Å². The molecule has 1 aromatic heterocycles. The lowest BCUT2D eigenvalue weighted by molar-refractivity contribution is -0.115. The maximum atomic E-state index is 14.3. The molecule has 1 aliphatic heterocycles. The number of carbonyl (C=O) groups excluding carboxylic acids is 2. The maximum Gasteiger partial charge on any atom is 0.165 e. The van der Waals surface area contributed by atoms with Crippen molar-refractivity contribution in [2.75, 3.05) is 13.1 Å². The predicted octanol–water partition coefficient (Wildman–Crippen LogP) is 7.56. The molecule has 2 aromatic rings. The lowest BCUT2D eigenvalue weighted by Gasteiger charge is -2.42. The molecule has 0 saturated carbocycles. The van der Waals surface area contributed by atoms with Crippen LogP contribution in [-0.4, -0.2) is 45.8 Å². The van der Waals surface area contributed by atoms with Gasteiger partial charge in [-0.1, -0.05) is 29.8 Å². The molecule has 1 fully saturated rings. The average molecular weight is 507 g/mol. The first-order chi connectivity index (χ1) is 17.4. The molecule has 4 nitrogen and oxygen atoms in total. The maximum absolute atomic E-state index is 14.3. The number of rotatable bonds is 8. The average Bonchev–Trinajstić information content (AvgIpc) is 3.10. The Hall–Kier alpha value is -2.53. The van der Waals surface area contributed by atoms with Crippen LogP contribution < -0.4 is 0 Å². The Labute approximate surface area is 221 Å². The van der Waals surface area contributed by atoms with Gasteiger partial charge in [0.1, 0.15) is 5.67 Å². The molecule has 1 aromatic carbocycles. The molecule has 2 aliphatic rings. The second kappa shape index (κ2) is 10.7. The highest BCUT2D eigenvalue weighted by atomic mass is 19.1. The van der Waals surface area contributed by atoms with Gasteiger partial charge in [0, 0.05) is 53.6 Å². The van der Waals surface area contributed by atoms with E-state index in [1.54, 1.807) is 13.8 Å². The van der Waals surface area contributed by atoms with Crippen LogP contribution in [0, 0.1) is 12.8 Å². The number of hydrogen-bond acceptors (Lipinski definition) is 3. The van der Waals surface area contributed by atoms with Gasteiger partial charge >= 0.3 is 0 Å². The summed E-state index contributed by atoms with van der Waals surface area (Å²) in [7, 11) is 0. The number of piperidine rings is 1. The molecule has 4 rings (SSSR count). The highest BCUT2D eigenvalue weighted by Gasteiger charge is 2.34. The van der Waals surface area contributed by atoms with Gasteiger partial charge in [-0.3, -0.25) is 14.5 Å². The Bertz CT molecular complexity index is 1260. The van der Waals surface area contributed by atoms with Crippen molar-refractivity contribution in [1.82, 2.24) is 9.47 Å². The minimum Gasteiger partial charge on any atom is -0.341 e. The number of carbonyl (C=O) groups is 2. The highest BCUT2D eigenvalue weighted by molar-refractivity contribution is 6.10. The van der Waals surface area contributed by atoms with Crippen LogP contribution >= 0.6 is 0 Å². The van der Waals surface area contributed by atoms with E-state index in [0.717, 1.165) is 58.3 Å². The van der Waals surface area contributed by atoms with Crippen molar-refractivity contribution in [3.8, 4) is 0 Å². The first-order valence-electron chi connectivity index (χ1n) is 13.8. The van der Waals surface area contributed by atoms with Crippen LogP contribution in [0.4, 0.5) is 4.39 Å². The second-order valence-corrected chi connectivity index (χ2v) is 12.1. The van der Waals surface area contributed by atoms with Crippen LogP contribution in [0.15, 0.2) is 47.1 Å². The van der Waals surface area contributed by atoms with Crippen molar-refractivity contribution >= 4 is 22.5 Å². The number of halogens is 1. The number of benzene rings is 1. The molecule has 0 spiro atoms. The number of ketones is 2. The summed E-state index contributed by atoms with van der Waals surface area (Å²) >= 11 is 0. The molecule has 1 aliphatic carbocycles. The third-order valence-corrected chi connectivity index (χ3v) is 8.47. The molecule has 0 radical (unpaired) electrons. The van der Waals surface area contributed by atoms with Gasteiger partial charge in [-0.15, -0.1) is 0 Å². The van der Waals surface area contributed by atoms with Crippen LogP contribution in [0.5, 0.6) is 0 Å². The molecule has 0 amide bonds. The van der Waals surface area contributed by atoms with Crippen molar-refractivity contribution in [3.63, 3.8) is 0 Å². The van der Waals surface area contributed by atoms with Crippen LogP contribution in [0.1, 0.15) is 95.7 Å². The third-order valence-electron chi connectivity index (χ3n) is 8.47. The molecule has 1 saturated heterocycles. The third kappa shape index (κ3) is 5.82. The second-order valence-electron chi connectivity index (χ2n) is 12.1. The number of Topliss-reactive ketones (excluding diaryl/α,β-unsaturated/α-hetero) is 2. The monoisotopic (exact) mass is 506 g/mol. The van der Waals surface area contributed by atoms with E-state index in [4.69, 9.17) is 0 Å². The van der Waals surface area contributed by atoms with Gasteiger partial charge in [0.05, 0.1) is 0 Å². The van der Waals surface area contributed by atoms with Crippen molar-refractivity contribution in [1.29, 1.82) is 0 Å². The van der Waals surface area contributed by atoms with E-state index < -0.39 is 5.67 Å². The number of allylic oxidation sites excluding steroid dienone is 4. The molecule has 5 heteroatoms. The number of alkyl halides is 1. The first-order valence-corrected chi connectivity index (χ1v) is 13.8. The fourth-order valence-corrected chi connectivity index (χ4v) is 6.68. The van der Waals surface area contributed by atoms with Gasteiger partial charge in [0.2, 0.25) is 0 Å². The predicted molar refractivity (Wildman–Crippen MR) is 150 cm³/mol. The quantitative estimate of drug-likeness (QED) is 0.347. The molecule has 0 N–H and O–H groups in total. The molecule has 3 unspecified atom stereocenters. The van der Waals surface area contributed by atoms with Crippen molar-refractivity contribution in [2.45, 2.75) is 98.3 Å². The minimum atomic E-state index is -1.19. The summed E-state index contributed by atoms with van der Waals surface area (Å²) in [5, 5.41) is 0.998. The van der Waals surface area contributed by atoms with Crippen LogP contribution in [0.3, 0.4) is 0 Å². The normalized spacial score (nSPS) is 22.5. The first kappa shape index (κ1) is 27.5. The summed E-state index contributed by atoms with van der Waals surface area (Å²) in [5.74, 6) is 0.705. The van der Waals surface area contributed by atoms with Crippen molar-refractivity contribution in [3.05, 3.63) is 58.3 Å². The number of aromatic nitrogens is 1. The van der Waals surface area contributed by atoms with Gasteiger partial charge < -0.3 is 4.57 Å². The summed E-state index contributed by atoms with van der Waals surface area (Å²) in [6.07, 6.45) is 5.37. The van der Waals surface area contributed by atoms with Crippen molar-refractivity contribution < 1.29 is 14.0 Å². The summed E-state index contributed by atoms with van der Waals surface area (Å²) in [4.78, 5) is 28.5. The highest BCUT2D eigenvalue weighted by Crippen LogP contribution is 2.38. The van der Waals surface area contributed by atoms with E-state index in [9.17, 15) is 14.0 Å². The summed E-state index contributed by atoms with van der Waals surface area (Å²) in [5.41, 5.74) is 4.58. The molecular weight excluding hydrogens is 463 g/mol. The molecular formula is C32H43FN2O2. The number of hydrogen-bond donors (Lipinski definition) is 0. The van der Waals surface area contributed by atoms with E-state index in [1.807, 2.05) is 26.0 Å². The van der Waals surface area contributed by atoms with Crippen LogP contribution in [0.25, 0.3) is 10.9 Å². The van der Waals surface area contributed by atoms with Gasteiger partial charge in [-0.25, -0.2) is 4.39 Å². The van der Waals surface area contributed by atoms with E-state index in [1.165, 1.54) is 0 Å². The fraction of sp³-hybridized carbons (Fsp3) is 0.562. The summed E-state index contributed by atoms with van der Waals surface area (Å²) < 4.78 is 16.7. The summed E-state index contributed by atoms with van der Waals surface area (Å²) in [6, 6.07) is 8.75. The zero-order valence-electron chi connectivity index (χ0n) is 23.7. The Morgan fingerprint density at radius 3 is 2.54 bits per heavy atom. The standard InChI is InChI=1S/C32H43FN2O2/c1-20-16-21(2)26(30(37)17-20)12-13-29(36)31-24(5)35(28-11-9-8-10-27(28)31)23(4)25-14-15-34(22(3)18-25)19-32(6,7)33/h8-11,16,22-23,25H,12-15,17-19H2,1-7H3. The van der Waals surface area contributed by atoms with E-state index in [0.29, 0.717) is 37.8 Å². The van der Waals surface area contributed by atoms with E-state index in [2.05, 4.69) is 48.4 Å². The van der Waals surface area contributed by atoms with Gasteiger partial charge in [-0.05, 0) is 97.4 Å². The Morgan fingerprint density at radius 1 is 1.19 bits per heavy atom. The van der Waals surface area contributed by atoms with Crippen molar-refractivity contribution in [2.24, 2.45) is 5.92 Å². The zero-order chi connectivity index (χ0) is 27.1. The Kier molecular flexibility index (Phi) is 7.94. The number of fused-ring (bicyclic) bond motifs is 1. The van der Waals surface area contributed by atoms with Gasteiger partial charge in [-0.2, -0.15) is 0 Å². The van der Waals surface area contributed by atoms with E-state index >= 15 is 0 Å². The zero-order valence-corrected chi connectivity index (χ0v) is 23.7. The molecule has 0 bridgehead atoms. The Balaban J connectivity index is 1.58. The SMILES string of the molecule is CC1=CC(C)=C(CCC(=O)c2c(C)n(C(C)C3CCN(CC(C)(C)F)C(C)C3)c3ccccc23)C(=O)C1. The fourth-order valence-electron chi connectivity index (χ4n) is 6.68. The minimum absolute atomic E-state index is 0.104. The lowest BCUT2D eigenvalue weighted by Crippen LogP contribution is -2.47. The van der Waals surface area contributed by atoms with E-state index in [-0.39, 0.29) is 17.6 Å². The number of nitrogens with zero attached hydrogens (tertiary/aromatic N) is 2. The molecule has 2 heterocycles. The topological polar surface area (TPSA) is 42.3 Å². The summed E-state index contributed by atoms with van der Waals surface area (Å²) in [6.45, 7) is 15.2. The largest absolute Gasteiger partial charge is 0.341 e. The number of para-hydroxylation sites is 1. The lowest BCUT2D eigenvalue weighted by atomic mass is 9.85. The molecule has 3 atom stereocenters. The molecule has 200 valence electrons. The Morgan fingerprint density at radius 2 is 1.89 bits per heavy atom. The number of likely N-dealkylation sites (tertiary alicyclic amines) is 1. The smallest absolute Gasteiger partial charge is 0.165 e. The van der Waals surface area contributed by atoms with Crippen LogP contribution in [0.2, 0.25) is 0 Å². The molecule has 37 heavy (non-hydrogen) atoms. The van der Waals surface area contributed by atoms with Gasteiger partial charge in [0.15, 0.2) is 11.6 Å².